The highest BCUT2D eigenvalue weighted by molar-refractivity contribution is 6.00. The van der Waals surface area contributed by atoms with Crippen LogP contribution in [0.3, 0.4) is 0 Å². The summed E-state index contributed by atoms with van der Waals surface area (Å²) >= 11 is 0. The van der Waals surface area contributed by atoms with Crippen LogP contribution in [0.2, 0.25) is 0 Å². The molecular weight excluding hydrogens is 452 g/mol. The van der Waals surface area contributed by atoms with Crippen LogP contribution in [0.4, 0.5) is 22.9 Å². The van der Waals surface area contributed by atoms with Crippen molar-refractivity contribution in [2.45, 2.75) is 90.2 Å². The molecule has 5 aliphatic rings. The van der Waals surface area contributed by atoms with Gasteiger partial charge in [0.2, 0.25) is 5.91 Å². The van der Waals surface area contributed by atoms with Gasteiger partial charge in [0, 0.05) is 29.9 Å². The number of anilines is 4. The third-order valence-corrected chi connectivity index (χ3v) is 8.33. The monoisotopic (exact) mass is 490 g/mol. The van der Waals surface area contributed by atoms with Crippen LogP contribution < -0.4 is 15.1 Å². The zero-order valence-corrected chi connectivity index (χ0v) is 21.7. The van der Waals surface area contributed by atoms with E-state index in [1.54, 1.807) is 0 Å². The van der Waals surface area contributed by atoms with E-state index in [2.05, 4.69) is 54.2 Å². The van der Waals surface area contributed by atoms with E-state index in [-0.39, 0.29) is 24.0 Å². The van der Waals surface area contributed by atoms with Crippen molar-refractivity contribution in [3.05, 3.63) is 41.6 Å². The minimum atomic E-state index is 0.0206. The molecule has 4 fully saturated rings. The zero-order chi connectivity index (χ0) is 24.8. The minimum absolute atomic E-state index is 0.0206. The maximum atomic E-state index is 14.1. The van der Waals surface area contributed by atoms with Gasteiger partial charge in [0.25, 0.3) is 0 Å². The standard InChI is InChI=1S/C29H38N4O3/c1-18(2)36-23-9-6-20(7-10-23)29(34)33-15-21-5-4-12-30-28(21)31-25-13-19(3)26(14-27(25)33)32-16-24-11-8-22(32)17-35-24/h4-5,12-14,18,20,22-24H,6-11,15-17H2,1-3H3,(H,30,31)/t20?,22-,23?,24-/m0/s1. The van der Waals surface area contributed by atoms with E-state index < -0.39 is 0 Å². The number of hydrogen-bond acceptors (Lipinski definition) is 6. The predicted octanol–water partition coefficient (Wildman–Crippen LogP) is 5.33. The first-order valence-electron chi connectivity index (χ1n) is 13.7. The third-order valence-electron chi connectivity index (χ3n) is 8.33. The number of fused-ring (bicyclic) bond motifs is 5. The minimum Gasteiger partial charge on any atom is -0.376 e. The van der Waals surface area contributed by atoms with E-state index in [1.165, 1.54) is 17.7 Å². The van der Waals surface area contributed by atoms with Crippen LogP contribution in [-0.2, 0) is 20.8 Å². The first kappa shape index (κ1) is 23.7. The quantitative estimate of drug-likeness (QED) is 0.625. The van der Waals surface area contributed by atoms with Crippen LogP contribution in [0.25, 0.3) is 0 Å². The van der Waals surface area contributed by atoms with E-state index >= 15 is 0 Å². The number of hydrogen-bond donors (Lipinski definition) is 1. The summed E-state index contributed by atoms with van der Waals surface area (Å²) in [5.74, 6) is 1.07. The Labute approximate surface area is 214 Å². The van der Waals surface area contributed by atoms with Crippen LogP contribution >= 0.6 is 0 Å². The van der Waals surface area contributed by atoms with Crippen LogP contribution in [0.5, 0.6) is 0 Å². The molecule has 3 saturated heterocycles. The molecule has 7 rings (SSSR count). The van der Waals surface area contributed by atoms with Gasteiger partial charge in [-0.1, -0.05) is 6.07 Å². The summed E-state index contributed by atoms with van der Waals surface area (Å²) in [6.45, 7) is 8.59. The summed E-state index contributed by atoms with van der Waals surface area (Å²) < 4.78 is 12.0. The molecule has 1 saturated carbocycles. The number of amides is 1. The Kier molecular flexibility index (Phi) is 6.38. The number of nitrogens with one attached hydrogen (secondary N) is 1. The maximum Gasteiger partial charge on any atom is 0.230 e. The van der Waals surface area contributed by atoms with Gasteiger partial charge >= 0.3 is 0 Å². The Hall–Kier alpha value is -2.64. The molecule has 1 amide bonds. The molecule has 1 aromatic heterocycles. The van der Waals surface area contributed by atoms with E-state index in [0.717, 1.165) is 68.0 Å². The van der Waals surface area contributed by atoms with Gasteiger partial charge in [-0.05, 0) is 83.1 Å². The molecule has 5 heterocycles. The van der Waals surface area contributed by atoms with Crippen LogP contribution in [0, 0.1) is 12.8 Å². The number of rotatable bonds is 4. The van der Waals surface area contributed by atoms with Crippen molar-refractivity contribution in [1.82, 2.24) is 4.98 Å². The second-order valence-corrected chi connectivity index (χ2v) is 11.2. The maximum absolute atomic E-state index is 14.1. The summed E-state index contributed by atoms with van der Waals surface area (Å²) in [5, 5.41) is 3.56. The molecule has 0 radical (unpaired) electrons. The fourth-order valence-corrected chi connectivity index (χ4v) is 6.47. The van der Waals surface area contributed by atoms with Crippen molar-refractivity contribution in [1.29, 1.82) is 0 Å². The van der Waals surface area contributed by atoms with Gasteiger partial charge in [-0.15, -0.1) is 0 Å². The van der Waals surface area contributed by atoms with Crippen molar-refractivity contribution in [2.75, 3.05) is 28.3 Å². The normalized spacial score (nSPS) is 27.3. The Morgan fingerprint density at radius 3 is 2.67 bits per heavy atom. The van der Waals surface area contributed by atoms with E-state index in [9.17, 15) is 4.79 Å². The van der Waals surface area contributed by atoms with Gasteiger partial charge in [0.1, 0.15) is 5.82 Å². The molecule has 4 aliphatic heterocycles. The molecule has 2 atom stereocenters. The number of morpholine rings is 1. The van der Waals surface area contributed by atoms with E-state index in [1.807, 2.05) is 17.2 Å². The summed E-state index contributed by atoms with van der Waals surface area (Å²) in [5.41, 5.74) is 5.40. The highest BCUT2D eigenvalue weighted by atomic mass is 16.5. The number of piperidine rings is 1. The smallest absolute Gasteiger partial charge is 0.230 e. The Morgan fingerprint density at radius 1 is 1.14 bits per heavy atom. The Morgan fingerprint density at radius 2 is 1.97 bits per heavy atom. The lowest BCUT2D eigenvalue weighted by atomic mass is 9.86. The molecule has 1 N–H and O–H groups in total. The first-order chi connectivity index (χ1) is 17.5. The summed E-state index contributed by atoms with van der Waals surface area (Å²) in [4.78, 5) is 23.2. The molecule has 36 heavy (non-hydrogen) atoms. The third kappa shape index (κ3) is 4.48. The van der Waals surface area contributed by atoms with Crippen LogP contribution in [0.15, 0.2) is 30.5 Å². The molecule has 1 aliphatic carbocycles. The Bertz CT molecular complexity index is 1120. The summed E-state index contributed by atoms with van der Waals surface area (Å²) in [6, 6.07) is 8.88. The van der Waals surface area contributed by atoms with Gasteiger partial charge in [-0.3, -0.25) is 4.79 Å². The van der Waals surface area contributed by atoms with Gasteiger partial charge in [0.15, 0.2) is 0 Å². The van der Waals surface area contributed by atoms with E-state index in [4.69, 9.17) is 9.47 Å². The number of carbonyl (C=O) groups is 1. The molecule has 1 aromatic carbocycles. The van der Waals surface area contributed by atoms with Crippen LogP contribution in [-0.4, -0.2) is 48.4 Å². The fraction of sp³-hybridized carbons (Fsp3) is 0.586. The lowest BCUT2D eigenvalue weighted by Gasteiger charge is -2.47. The molecule has 7 nitrogen and oxygen atoms in total. The fourth-order valence-electron chi connectivity index (χ4n) is 6.47. The first-order valence-corrected chi connectivity index (χ1v) is 13.7. The lowest BCUT2D eigenvalue weighted by molar-refractivity contribution is -0.124. The van der Waals surface area contributed by atoms with Gasteiger partial charge in [-0.25, -0.2) is 4.98 Å². The van der Waals surface area contributed by atoms with E-state index in [0.29, 0.717) is 18.7 Å². The predicted molar refractivity (Wildman–Crippen MR) is 142 cm³/mol. The number of aromatic nitrogens is 1. The second kappa shape index (κ2) is 9.67. The largest absolute Gasteiger partial charge is 0.376 e. The number of carbonyl (C=O) groups excluding carboxylic acids is 1. The number of nitrogens with zero attached hydrogens (tertiary/aromatic N) is 3. The molecule has 0 unspecified atom stereocenters. The molecule has 192 valence electrons. The number of pyridine rings is 1. The van der Waals surface area contributed by atoms with Crippen molar-refractivity contribution in [2.24, 2.45) is 5.92 Å². The molecule has 0 spiro atoms. The van der Waals surface area contributed by atoms with Crippen molar-refractivity contribution >= 4 is 28.8 Å². The summed E-state index contributed by atoms with van der Waals surface area (Å²) in [6.07, 6.45) is 8.56. The highest BCUT2D eigenvalue weighted by Crippen LogP contribution is 2.43. The average Bonchev–Trinajstić information content (AvgIpc) is 3.05. The van der Waals surface area contributed by atoms with Crippen molar-refractivity contribution in [3.63, 3.8) is 0 Å². The molecule has 2 bridgehead atoms. The molecule has 7 heteroatoms. The van der Waals surface area contributed by atoms with Crippen molar-refractivity contribution in [3.8, 4) is 0 Å². The average molecular weight is 491 g/mol. The molecular formula is C29H38N4O3. The number of aryl methyl sites for hydroxylation is 1. The van der Waals surface area contributed by atoms with Crippen LogP contribution in [0.1, 0.15) is 63.5 Å². The number of benzene rings is 1. The number of ether oxygens (including phenoxy) is 2. The topological polar surface area (TPSA) is 66.9 Å². The Balaban J connectivity index is 1.33. The van der Waals surface area contributed by atoms with Crippen molar-refractivity contribution < 1.29 is 14.3 Å². The summed E-state index contributed by atoms with van der Waals surface area (Å²) in [7, 11) is 0. The molecule has 2 aromatic rings. The SMILES string of the molecule is Cc1cc2c(cc1N1C[C@@H]3CC[C@H]1CO3)N(C(=O)C1CCC(OC(C)C)CC1)Cc1cccnc1N2. The zero-order valence-electron chi connectivity index (χ0n) is 21.7. The van der Waals surface area contributed by atoms with Gasteiger partial charge in [0.05, 0.1) is 48.9 Å². The highest BCUT2D eigenvalue weighted by Gasteiger charge is 2.37. The lowest BCUT2D eigenvalue weighted by Crippen LogP contribution is -2.54. The van der Waals surface area contributed by atoms with Gasteiger partial charge in [-0.2, -0.15) is 0 Å². The van der Waals surface area contributed by atoms with Gasteiger partial charge < -0.3 is 24.6 Å². The second-order valence-electron chi connectivity index (χ2n) is 11.2.